The molecule has 0 spiro atoms. The van der Waals surface area contributed by atoms with E-state index in [1.165, 1.54) is 4.57 Å². The lowest BCUT2D eigenvalue weighted by Crippen LogP contribution is -2.51. The van der Waals surface area contributed by atoms with E-state index in [4.69, 9.17) is 4.74 Å². The third-order valence-corrected chi connectivity index (χ3v) is 5.68. The predicted octanol–water partition coefficient (Wildman–Crippen LogP) is 3.23. The molecule has 0 bridgehead atoms. The number of nitrogens with zero attached hydrogens (tertiary/aromatic N) is 3. The molecule has 1 aliphatic rings. The Bertz CT molecular complexity index is 1110. The van der Waals surface area contributed by atoms with Crippen molar-refractivity contribution in [3.63, 3.8) is 0 Å². The second-order valence-electron chi connectivity index (χ2n) is 8.14. The van der Waals surface area contributed by atoms with E-state index in [0.29, 0.717) is 28.6 Å². The number of pyridine rings is 1. The smallest absolute Gasteiger partial charge is 0.265 e. The number of morpholine rings is 1. The number of rotatable bonds is 5. The van der Waals surface area contributed by atoms with Gasteiger partial charge in [-0.3, -0.25) is 14.7 Å². The molecule has 1 N–H and O–H groups in total. The van der Waals surface area contributed by atoms with E-state index in [1.807, 2.05) is 36.4 Å². The minimum Gasteiger partial charge on any atom is -0.494 e. The van der Waals surface area contributed by atoms with Crippen LogP contribution in [0, 0.1) is 0 Å². The molecule has 0 saturated carbocycles. The first-order valence-corrected chi connectivity index (χ1v) is 10.2. The van der Waals surface area contributed by atoms with E-state index >= 15 is 0 Å². The SMILES string of the molecule is CC(C)(CN=Cc1c(O)n(-c2ccccc2)c(=O)c2ccccc12)N1CCOCC1. The Balaban J connectivity index is 1.75. The molecule has 0 amide bonds. The van der Waals surface area contributed by atoms with Gasteiger partial charge in [0.2, 0.25) is 5.88 Å². The monoisotopic (exact) mass is 405 g/mol. The van der Waals surface area contributed by atoms with Gasteiger partial charge in [0, 0.05) is 35.6 Å². The standard InChI is InChI=1S/C24H27N3O3/c1-24(2,26-12-14-30-15-13-26)17-25-16-21-19-10-6-7-11-20(19)22(28)27(23(21)29)18-8-4-3-5-9-18/h3-11,16,29H,12-15,17H2,1-2H3. The molecule has 0 unspecified atom stereocenters. The van der Waals surface area contributed by atoms with Gasteiger partial charge in [-0.25, -0.2) is 4.57 Å². The van der Waals surface area contributed by atoms with Crippen LogP contribution in [0.2, 0.25) is 0 Å². The third-order valence-electron chi connectivity index (χ3n) is 5.68. The molecule has 1 fully saturated rings. The van der Waals surface area contributed by atoms with Gasteiger partial charge in [-0.05, 0) is 32.0 Å². The number of ether oxygens (including phenoxy) is 1. The first-order chi connectivity index (χ1) is 14.5. The van der Waals surface area contributed by atoms with E-state index in [0.717, 1.165) is 26.3 Å². The van der Waals surface area contributed by atoms with Crippen molar-refractivity contribution in [3.8, 4) is 11.6 Å². The molecule has 156 valence electrons. The summed E-state index contributed by atoms with van der Waals surface area (Å²) < 4.78 is 6.80. The molecule has 1 saturated heterocycles. The van der Waals surface area contributed by atoms with Gasteiger partial charge in [0.05, 0.1) is 31.0 Å². The van der Waals surface area contributed by atoms with Crippen molar-refractivity contribution in [2.75, 3.05) is 32.8 Å². The molecular weight excluding hydrogens is 378 g/mol. The molecule has 0 radical (unpaired) electrons. The lowest BCUT2D eigenvalue weighted by atomic mass is 10.0. The highest BCUT2D eigenvalue weighted by Gasteiger charge is 2.27. The zero-order valence-electron chi connectivity index (χ0n) is 17.4. The van der Waals surface area contributed by atoms with Crippen molar-refractivity contribution < 1.29 is 9.84 Å². The average Bonchev–Trinajstić information content (AvgIpc) is 2.77. The maximum atomic E-state index is 13.1. The highest BCUT2D eigenvalue weighted by Crippen LogP contribution is 2.26. The Hall–Kier alpha value is -2.96. The molecule has 2 aromatic carbocycles. The van der Waals surface area contributed by atoms with Crippen LogP contribution in [-0.4, -0.2) is 59.2 Å². The lowest BCUT2D eigenvalue weighted by molar-refractivity contribution is -0.00676. The van der Waals surface area contributed by atoms with Gasteiger partial charge in [0.15, 0.2) is 0 Å². The Morgan fingerprint density at radius 2 is 1.67 bits per heavy atom. The highest BCUT2D eigenvalue weighted by atomic mass is 16.5. The number of aromatic hydroxyl groups is 1. The number of aromatic nitrogens is 1. The summed E-state index contributed by atoms with van der Waals surface area (Å²) in [6.45, 7) is 8.15. The first-order valence-electron chi connectivity index (χ1n) is 10.2. The van der Waals surface area contributed by atoms with Crippen LogP contribution in [0.5, 0.6) is 5.88 Å². The maximum absolute atomic E-state index is 13.1. The number of benzene rings is 2. The van der Waals surface area contributed by atoms with Gasteiger partial charge in [0.25, 0.3) is 5.56 Å². The fourth-order valence-electron chi connectivity index (χ4n) is 3.93. The molecule has 1 aromatic heterocycles. The molecule has 3 aromatic rings. The maximum Gasteiger partial charge on any atom is 0.265 e. The fourth-order valence-corrected chi connectivity index (χ4v) is 3.93. The van der Waals surface area contributed by atoms with Crippen LogP contribution in [0.25, 0.3) is 16.5 Å². The predicted molar refractivity (Wildman–Crippen MR) is 120 cm³/mol. The van der Waals surface area contributed by atoms with Crippen LogP contribution in [-0.2, 0) is 4.74 Å². The second kappa shape index (κ2) is 8.42. The topological polar surface area (TPSA) is 67.1 Å². The number of para-hydroxylation sites is 1. The minimum absolute atomic E-state index is 0.0992. The summed E-state index contributed by atoms with van der Waals surface area (Å²) in [4.78, 5) is 20.1. The summed E-state index contributed by atoms with van der Waals surface area (Å²) in [6.07, 6.45) is 1.69. The van der Waals surface area contributed by atoms with Gasteiger partial charge >= 0.3 is 0 Å². The van der Waals surface area contributed by atoms with Gasteiger partial charge < -0.3 is 9.84 Å². The van der Waals surface area contributed by atoms with Crippen molar-refractivity contribution in [2.45, 2.75) is 19.4 Å². The summed E-state index contributed by atoms with van der Waals surface area (Å²) in [7, 11) is 0. The zero-order chi connectivity index (χ0) is 21.1. The van der Waals surface area contributed by atoms with Crippen LogP contribution in [0.1, 0.15) is 19.4 Å². The summed E-state index contributed by atoms with van der Waals surface area (Å²) in [6, 6.07) is 16.5. The Morgan fingerprint density at radius 3 is 2.37 bits per heavy atom. The molecule has 0 aliphatic carbocycles. The van der Waals surface area contributed by atoms with E-state index in [9.17, 15) is 9.90 Å². The van der Waals surface area contributed by atoms with Crippen LogP contribution in [0.15, 0.2) is 64.4 Å². The van der Waals surface area contributed by atoms with Gasteiger partial charge in [-0.2, -0.15) is 0 Å². The van der Waals surface area contributed by atoms with Crippen molar-refractivity contribution >= 4 is 17.0 Å². The quantitative estimate of drug-likeness (QED) is 0.662. The number of hydrogen-bond donors (Lipinski definition) is 1. The number of aliphatic imine (C=N–C) groups is 1. The van der Waals surface area contributed by atoms with Gasteiger partial charge in [0.1, 0.15) is 0 Å². The van der Waals surface area contributed by atoms with Crippen molar-refractivity contribution in [1.82, 2.24) is 9.47 Å². The second-order valence-corrected chi connectivity index (χ2v) is 8.14. The number of hydrogen-bond acceptors (Lipinski definition) is 5. The molecule has 0 atom stereocenters. The summed E-state index contributed by atoms with van der Waals surface area (Å²) in [5.74, 6) is -0.0992. The van der Waals surface area contributed by atoms with E-state index in [1.54, 1.807) is 24.4 Å². The van der Waals surface area contributed by atoms with Crippen LogP contribution < -0.4 is 5.56 Å². The molecule has 6 heteroatoms. The van der Waals surface area contributed by atoms with Crippen LogP contribution in [0.3, 0.4) is 0 Å². The largest absolute Gasteiger partial charge is 0.494 e. The molecule has 2 heterocycles. The fraction of sp³-hybridized carbons (Fsp3) is 0.333. The average molecular weight is 405 g/mol. The molecule has 30 heavy (non-hydrogen) atoms. The minimum atomic E-state index is -0.250. The van der Waals surface area contributed by atoms with Crippen molar-refractivity contribution in [1.29, 1.82) is 0 Å². The van der Waals surface area contributed by atoms with Crippen molar-refractivity contribution in [3.05, 3.63) is 70.5 Å². The lowest BCUT2D eigenvalue weighted by Gasteiger charge is -2.39. The van der Waals surface area contributed by atoms with Gasteiger partial charge in [-0.15, -0.1) is 0 Å². The van der Waals surface area contributed by atoms with Gasteiger partial charge in [-0.1, -0.05) is 36.4 Å². The summed E-state index contributed by atoms with van der Waals surface area (Å²) >= 11 is 0. The Morgan fingerprint density at radius 1 is 1.03 bits per heavy atom. The molecule has 4 rings (SSSR count). The summed E-state index contributed by atoms with van der Waals surface area (Å²) in [5, 5.41) is 12.3. The summed E-state index contributed by atoms with van der Waals surface area (Å²) in [5.41, 5.74) is 0.792. The number of fused-ring (bicyclic) bond motifs is 1. The first kappa shape index (κ1) is 20.3. The van der Waals surface area contributed by atoms with E-state index in [-0.39, 0.29) is 17.0 Å². The van der Waals surface area contributed by atoms with E-state index < -0.39 is 0 Å². The Labute approximate surface area is 176 Å². The van der Waals surface area contributed by atoms with Crippen molar-refractivity contribution in [2.24, 2.45) is 4.99 Å². The molecular formula is C24H27N3O3. The highest BCUT2D eigenvalue weighted by molar-refractivity contribution is 6.01. The third kappa shape index (κ3) is 3.88. The van der Waals surface area contributed by atoms with Crippen LogP contribution >= 0.6 is 0 Å². The normalized spacial score (nSPS) is 15.8. The molecule has 6 nitrogen and oxygen atoms in total. The molecule has 1 aliphatic heterocycles. The van der Waals surface area contributed by atoms with E-state index in [2.05, 4.69) is 23.7 Å². The zero-order valence-corrected chi connectivity index (χ0v) is 17.4. The Kier molecular flexibility index (Phi) is 5.70. The van der Waals surface area contributed by atoms with Crippen LogP contribution in [0.4, 0.5) is 0 Å².